The van der Waals surface area contributed by atoms with Crippen molar-refractivity contribution in [2.75, 3.05) is 25.6 Å². The van der Waals surface area contributed by atoms with Crippen LogP contribution in [0.15, 0.2) is 9.59 Å². The number of ketones is 1. The summed E-state index contributed by atoms with van der Waals surface area (Å²) in [6.07, 6.45) is 0.597. The third kappa shape index (κ3) is 4.28. The highest BCUT2D eigenvalue weighted by Crippen LogP contribution is 2.07. The lowest BCUT2D eigenvalue weighted by Gasteiger charge is -2.13. The molecular weight excluding hydrogens is 306 g/mol. The largest absolute Gasteiger partial charge is 0.456 e. The van der Waals surface area contributed by atoms with Crippen molar-refractivity contribution in [1.82, 2.24) is 9.13 Å². The number of hydrogen-bond acceptors (Lipinski definition) is 7. The number of nitrogens with two attached hydrogens (primary N) is 1. The predicted molar refractivity (Wildman–Crippen MR) is 82.4 cm³/mol. The summed E-state index contributed by atoms with van der Waals surface area (Å²) in [5.74, 6) is -1.71. The molecule has 0 unspecified atom stereocenters. The summed E-state index contributed by atoms with van der Waals surface area (Å²) in [5, 5.41) is 0. The SMILES string of the molecule is CCCn1c(N)c(C(=O)COC(=O)COCC)c(=O)n(C)c1=O. The lowest BCUT2D eigenvalue weighted by molar-refractivity contribution is -0.147. The van der Waals surface area contributed by atoms with Crippen LogP contribution >= 0.6 is 0 Å². The summed E-state index contributed by atoms with van der Waals surface area (Å²) in [6.45, 7) is 3.21. The van der Waals surface area contributed by atoms with Gasteiger partial charge >= 0.3 is 11.7 Å². The summed E-state index contributed by atoms with van der Waals surface area (Å²) in [5.41, 5.74) is 4.02. The summed E-state index contributed by atoms with van der Waals surface area (Å²) in [7, 11) is 1.26. The maximum atomic E-state index is 12.2. The molecule has 0 saturated carbocycles. The van der Waals surface area contributed by atoms with Crippen LogP contribution in [-0.2, 0) is 27.9 Å². The fourth-order valence-electron chi connectivity index (χ4n) is 1.93. The number of aromatic nitrogens is 2. The lowest BCUT2D eigenvalue weighted by Crippen LogP contribution is -2.43. The van der Waals surface area contributed by atoms with Gasteiger partial charge in [0.1, 0.15) is 18.0 Å². The van der Waals surface area contributed by atoms with E-state index in [0.717, 1.165) is 9.13 Å². The first-order valence-corrected chi connectivity index (χ1v) is 7.20. The Morgan fingerprint density at radius 1 is 1.17 bits per heavy atom. The van der Waals surface area contributed by atoms with E-state index in [-0.39, 0.29) is 24.5 Å². The number of Topliss-reactive ketones (excluding diaryl/α,β-unsaturated/α-hetero) is 1. The molecule has 9 nitrogen and oxygen atoms in total. The molecule has 0 aliphatic carbocycles. The Kier molecular flexibility index (Phi) is 6.70. The molecule has 1 aromatic rings. The van der Waals surface area contributed by atoms with Crippen LogP contribution in [0.4, 0.5) is 5.82 Å². The van der Waals surface area contributed by atoms with Gasteiger partial charge in [-0.25, -0.2) is 9.59 Å². The molecule has 1 heterocycles. The van der Waals surface area contributed by atoms with Gasteiger partial charge in [-0.05, 0) is 13.3 Å². The molecule has 0 bridgehead atoms. The second kappa shape index (κ2) is 8.28. The molecule has 0 radical (unpaired) electrons. The topological polar surface area (TPSA) is 123 Å². The molecule has 0 aliphatic heterocycles. The molecule has 0 saturated heterocycles. The van der Waals surface area contributed by atoms with Crippen molar-refractivity contribution in [3.63, 3.8) is 0 Å². The summed E-state index contributed by atoms with van der Waals surface area (Å²) in [4.78, 5) is 47.6. The third-order valence-corrected chi connectivity index (χ3v) is 3.10. The zero-order valence-electron chi connectivity index (χ0n) is 13.5. The Morgan fingerprint density at radius 3 is 2.39 bits per heavy atom. The Morgan fingerprint density at radius 2 is 1.83 bits per heavy atom. The normalized spacial score (nSPS) is 10.6. The molecule has 0 fully saturated rings. The van der Waals surface area contributed by atoms with Gasteiger partial charge in [0.05, 0.1) is 0 Å². The van der Waals surface area contributed by atoms with E-state index >= 15 is 0 Å². The van der Waals surface area contributed by atoms with Gasteiger partial charge in [-0.2, -0.15) is 0 Å². The van der Waals surface area contributed by atoms with Crippen molar-refractivity contribution in [3.8, 4) is 0 Å². The van der Waals surface area contributed by atoms with Crippen LogP contribution in [-0.4, -0.2) is 40.7 Å². The van der Waals surface area contributed by atoms with E-state index in [1.807, 2.05) is 6.92 Å². The van der Waals surface area contributed by atoms with Crippen molar-refractivity contribution in [2.24, 2.45) is 7.05 Å². The molecule has 1 rings (SSSR count). The molecule has 0 atom stereocenters. The minimum absolute atomic E-state index is 0.217. The van der Waals surface area contributed by atoms with E-state index < -0.39 is 29.6 Å². The average Bonchev–Trinajstić information content (AvgIpc) is 2.53. The third-order valence-electron chi connectivity index (χ3n) is 3.10. The Hall–Kier alpha value is -2.42. The van der Waals surface area contributed by atoms with Crippen molar-refractivity contribution in [3.05, 3.63) is 26.4 Å². The van der Waals surface area contributed by atoms with E-state index in [4.69, 9.17) is 15.2 Å². The standard InChI is InChI=1S/C14H21N3O6/c1-4-6-17-12(15)11(13(20)16(3)14(17)21)9(18)7-23-10(19)8-22-5-2/h4-8,15H2,1-3H3. The van der Waals surface area contributed by atoms with E-state index in [1.165, 1.54) is 7.05 Å². The first-order valence-electron chi connectivity index (χ1n) is 7.20. The maximum Gasteiger partial charge on any atom is 0.332 e. The highest BCUT2D eigenvalue weighted by atomic mass is 16.6. The van der Waals surface area contributed by atoms with Crippen LogP contribution < -0.4 is 17.0 Å². The van der Waals surface area contributed by atoms with Crippen LogP contribution in [0.25, 0.3) is 0 Å². The van der Waals surface area contributed by atoms with Gasteiger partial charge in [-0.15, -0.1) is 0 Å². The summed E-state index contributed by atoms with van der Waals surface area (Å²) in [6, 6.07) is 0. The second-order valence-corrected chi connectivity index (χ2v) is 4.78. The number of nitrogen functional groups attached to an aromatic ring is 1. The van der Waals surface area contributed by atoms with Crippen LogP contribution in [0.1, 0.15) is 30.6 Å². The molecule has 0 aliphatic rings. The number of esters is 1. The molecule has 2 N–H and O–H groups in total. The summed E-state index contributed by atoms with van der Waals surface area (Å²) >= 11 is 0. The van der Waals surface area contributed by atoms with Crippen LogP contribution in [0.3, 0.4) is 0 Å². The molecule has 0 spiro atoms. The van der Waals surface area contributed by atoms with Crippen LogP contribution in [0, 0.1) is 0 Å². The molecule has 23 heavy (non-hydrogen) atoms. The average molecular weight is 327 g/mol. The minimum Gasteiger partial charge on any atom is -0.456 e. The number of nitrogens with zero attached hydrogens (tertiary/aromatic N) is 2. The van der Waals surface area contributed by atoms with Crippen LogP contribution in [0.2, 0.25) is 0 Å². The molecule has 0 amide bonds. The minimum atomic E-state index is -0.814. The van der Waals surface area contributed by atoms with E-state index in [1.54, 1.807) is 6.92 Å². The number of ether oxygens (including phenoxy) is 2. The molecule has 1 aromatic heterocycles. The highest BCUT2D eigenvalue weighted by Gasteiger charge is 2.22. The van der Waals surface area contributed by atoms with Crippen molar-refractivity contribution in [1.29, 1.82) is 0 Å². The van der Waals surface area contributed by atoms with Gasteiger partial charge in [-0.3, -0.25) is 18.7 Å². The monoisotopic (exact) mass is 327 g/mol. The lowest BCUT2D eigenvalue weighted by atomic mass is 10.2. The van der Waals surface area contributed by atoms with Gasteiger partial charge in [-0.1, -0.05) is 6.92 Å². The first-order chi connectivity index (χ1) is 10.8. The Balaban J connectivity index is 3.08. The first kappa shape index (κ1) is 18.6. The van der Waals surface area contributed by atoms with Gasteiger partial charge < -0.3 is 15.2 Å². The quantitative estimate of drug-likeness (QED) is 0.495. The number of rotatable bonds is 8. The number of anilines is 1. The molecule has 0 aromatic carbocycles. The second-order valence-electron chi connectivity index (χ2n) is 4.78. The van der Waals surface area contributed by atoms with Gasteiger partial charge in [0.2, 0.25) is 5.78 Å². The fraction of sp³-hybridized carbons (Fsp3) is 0.571. The smallest absolute Gasteiger partial charge is 0.332 e. The maximum absolute atomic E-state index is 12.2. The predicted octanol–water partition coefficient (Wildman–Crippen LogP) is -0.698. The van der Waals surface area contributed by atoms with Crippen molar-refractivity contribution >= 4 is 17.6 Å². The number of carbonyl (C=O) groups is 2. The fourth-order valence-corrected chi connectivity index (χ4v) is 1.93. The molecular formula is C14H21N3O6. The van der Waals surface area contributed by atoms with Crippen molar-refractivity contribution in [2.45, 2.75) is 26.8 Å². The highest BCUT2D eigenvalue weighted by molar-refractivity contribution is 6.01. The van der Waals surface area contributed by atoms with Crippen LogP contribution in [0.5, 0.6) is 0 Å². The van der Waals surface area contributed by atoms with E-state index in [9.17, 15) is 19.2 Å². The zero-order valence-corrected chi connectivity index (χ0v) is 13.5. The van der Waals surface area contributed by atoms with Gasteiger partial charge in [0.25, 0.3) is 5.56 Å². The van der Waals surface area contributed by atoms with Crippen molar-refractivity contribution < 1.29 is 19.1 Å². The number of carbonyl (C=O) groups excluding carboxylic acids is 2. The van der Waals surface area contributed by atoms with Gasteiger partial charge in [0.15, 0.2) is 6.61 Å². The van der Waals surface area contributed by atoms with E-state index in [0.29, 0.717) is 13.0 Å². The molecule has 9 heteroatoms. The summed E-state index contributed by atoms with van der Waals surface area (Å²) < 4.78 is 11.5. The Labute approximate surface area is 132 Å². The number of hydrogen-bond donors (Lipinski definition) is 1. The van der Waals surface area contributed by atoms with E-state index in [2.05, 4.69) is 0 Å². The Bertz CT molecular complexity index is 704. The molecule has 128 valence electrons. The van der Waals surface area contributed by atoms with Gasteiger partial charge in [0, 0.05) is 20.2 Å². The zero-order chi connectivity index (χ0) is 17.6.